The van der Waals surface area contributed by atoms with Crippen LogP contribution in [0.25, 0.3) is 32.9 Å². The summed E-state index contributed by atoms with van der Waals surface area (Å²) < 4.78 is 26.5. The number of carbonyl (C=O) groups is 1. The third-order valence-corrected chi connectivity index (χ3v) is 6.89. The number of carboxylic acids is 1. The largest absolute Gasteiger partial charge is 0.545 e. The van der Waals surface area contributed by atoms with Crippen molar-refractivity contribution in [3.63, 3.8) is 0 Å². The van der Waals surface area contributed by atoms with Crippen molar-refractivity contribution in [2.75, 3.05) is 0 Å². The molecule has 5 nitrogen and oxygen atoms in total. The molecule has 0 aliphatic carbocycles. The van der Waals surface area contributed by atoms with Gasteiger partial charge in [0, 0.05) is 33.9 Å². The SMILES string of the molecule is Cc1ccc2c(C(=O)[O-])c3c(-c4ccccc4)c(C)c(S(=O)(=O)Cl)cc3[n+](C)c2c1. The van der Waals surface area contributed by atoms with E-state index < -0.39 is 15.0 Å². The second-order valence-electron chi connectivity index (χ2n) is 7.31. The number of pyridine rings is 1. The van der Waals surface area contributed by atoms with Gasteiger partial charge in [0.25, 0.3) is 9.05 Å². The molecule has 0 aliphatic rings. The number of aryl methyl sites for hydroxylation is 2. The van der Waals surface area contributed by atoms with Gasteiger partial charge in [-0.15, -0.1) is 0 Å². The number of halogens is 1. The third-order valence-electron chi connectivity index (χ3n) is 5.44. The number of aromatic nitrogens is 1. The van der Waals surface area contributed by atoms with E-state index in [1.54, 1.807) is 24.6 Å². The van der Waals surface area contributed by atoms with Crippen molar-refractivity contribution in [3.8, 4) is 11.1 Å². The maximum Gasteiger partial charge on any atom is 0.261 e. The molecule has 0 amide bonds. The minimum Gasteiger partial charge on any atom is -0.545 e. The van der Waals surface area contributed by atoms with Crippen LogP contribution in [0.3, 0.4) is 0 Å². The number of hydrogen-bond donors (Lipinski definition) is 0. The van der Waals surface area contributed by atoms with Crippen molar-refractivity contribution in [3.05, 3.63) is 71.3 Å². The van der Waals surface area contributed by atoms with Crippen molar-refractivity contribution < 1.29 is 22.9 Å². The zero-order valence-corrected chi connectivity index (χ0v) is 18.1. The Balaban J connectivity index is 2.40. The molecule has 1 heterocycles. The highest BCUT2D eigenvalue weighted by atomic mass is 35.7. The van der Waals surface area contributed by atoms with Crippen LogP contribution in [0.5, 0.6) is 0 Å². The summed E-state index contributed by atoms with van der Waals surface area (Å²) in [4.78, 5) is 12.3. The molecule has 1 aromatic heterocycles. The number of fused-ring (bicyclic) bond motifs is 2. The van der Waals surface area contributed by atoms with Crippen LogP contribution >= 0.6 is 10.7 Å². The number of hydrogen-bond acceptors (Lipinski definition) is 4. The van der Waals surface area contributed by atoms with Gasteiger partial charge in [0.15, 0.2) is 0 Å². The second-order valence-corrected chi connectivity index (χ2v) is 9.85. The van der Waals surface area contributed by atoms with Crippen LogP contribution in [-0.2, 0) is 16.1 Å². The van der Waals surface area contributed by atoms with Gasteiger partial charge in [-0.25, -0.2) is 8.42 Å². The Labute approximate surface area is 178 Å². The molecule has 152 valence electrons. The molecule has 0 bridgehead atoms. The lowest BCUT2D eigenvalue weighted by molar-refractivity contribution is -0.617. The van der Waals surface area contributed by atoms with E-state index in [-0.39, 0.29) is 10.5 Å². The molecule has 4 aromatic rings. The van der Waals surface area contributed by atoms with Gasteiger partial charge in [0.1, 0.15) is 7.05 Å². The summed E-state index contributed by atoms with van der Waals surface area (Å²) >= 11 is 0. The molecule has 0 saturated heterocycles. The van der Waals surface area contributed by atoms with E-state index in [9.17, 15) is 18.3 Å². The monoisotopic (exact) mass is 439 g/mol. The lowest BCUT2D eigenvalue weighted by Gasteiger charge is -2.18. The minimum atomic E-state index is -4.07. The average molecular weight is 440 g/mol. The fourth-order valence-electron chi connectivity index (χ4n) is 4.09. The predicted octanol–water partition coefficient (Wildman–Crippen LogP) is 3.39. The zero-order chi connectivity index (χ0) is 21.8. The smallest absolute Gasteiger partial charge is 0.261 e. The second kappa shape index (κ2) is 7.07. The van der Waals surface area contributed by atoms with Crippen LogP contribution in [-0.4, -0.2) is 14.4 Å². The van der Waals surface area contributed by atoms with E-state index in [4.69, 9.17) is 10.7 Å². The molecule has 0 saturated carbocycles. The van der Waals surface area contributed by atoms with Crippen LogP contribution in [0.4, 0.5) is 0 Å². The number of aromatic carboxylic acids is 1. The highest BCUT2D eigenvalue weighted by Gasteiger charge is 2.28. The number of benzene rings is 3. The van der Waals surface area contributed by atoms with Crippen LogP contribution < -0.4 is 9.67 Å². The number of rotatable bonds is 3. The normalized spacial score (nSPS) is 11.9. The molecule has 7 heteroatoms. The molecule has 0 radical (unpaired) electrons. The molecular formula is C23H18ClNO4S. The molecule has 0 fully saturated rings. The first-order chi connectivity index (χ1) is 14.1. The maximum absolute atomic E-state index is 12.4. The molecule has 4 rings (SSSR count). The fourth-order valence-corrected chi connectivity index (χ4v) is 5.29. The van der Waals surface area contributed by atoms with Crippen molar-refractivity contribution in [1.29, 1.82) is 0 Å². The number of carbonyl (C=O) groups excluding carboxylic acids is 1. The van der Waals surface area contributed by atoms with Gasteiger partial charge in [-0.3, -0.25) is 0 Å². The van der Waals surface area contributed by atoms with E-state index in [0.717, 1.165) is 5.56 Å². The van der Waals surface area contributed by atoms with Gasteiger partial charge < -0.3 is 9.90 Å². The van der Waals surface area contributed by atoms with Gasteiger partial charge in [-0.1, -0.05) is 36.4 Å². The highest BCUT2D eigenvalue weighted by Crippen LogP contribution is 2.39. The summed E-state index contributed by atoms with van der Waals surface area (Å²) in [6.07, 6.45) is 0. The summed E-state index contributed by atoms with van der Waals surface area (Å²) in [5, 5.41) is 13.3. The first-order valence-corrected chi connectivity index (χ1v) is 11.5. The van der Waals surface area contributed by atoms with Gasteiger partial charge in [-0.2, -0.15) is 4.57 Å². The molecule has 0 aliphatic heterocycles. The Morgan fingerprint density at radius 1 is 1.00 bits per heavy atom. The van der Waals surface area contributed by atoms with Crippen LogP contribution in [0.2, 0.25) is 0 Å². The molecule has 0 unspecified atom stereocenters. The Morgan fingerprint density at radius 3 is 2.27 bits per heavy atom. The Hall–Kier alpha value is -2.96. The van der Waals surface area contributed by atoms with Gasteiger partial charge in [0.05, 0.1) is 21.6 Å². The first kappa shape index (κ1) is 20.3. The standard InChI is InChI=1S/C23H18ClNO4S/c1-13-9-10-16-17(11-13)25(3)18-12-19(30(24,28)29)14(2)20(15-7-5-4-6-8-15)22(18)21(16)23(26)27/h4-12H,1-3H3. The van der Waals surface area contributed by atoms with Crippen LogP contribution in [0, 0.1) is 13.8 Å². The van der Waals surface area contributed by atoms with Crippen molar-refractivity contribution in [1.82, 2.24) is 0 Å². The molecule has 0 atom stereocenters. The zero-order valence-electron chi connectivity index (χ0n) is 16.6. The first-order valence-electron chi connectivity index (χ1n) is 9.22. The summed E-state index contributed by atoms with van der Waals surface area (Å²) in [6.45, 7) is 3.54. The summed E-state index contributed by atoms with van der Waals surface area (Å²) in [7, 11) is 3.46. The van der Waals surface area contributed by atoms with Gasteiger partial charge in [0.2, 0.25) is 11.0 Å². The van der Waals surface area contributed by atoms with Gasteiger partial charge >= 0.3 is 0 Å². The Bertz CT molecular complexity index is 1460. The lowest BCUT2D eigenvalue weighted by atomic mass is 9.90. The van der Waals surface area contributed by atoms with Crippen molar-refractivity contribution in [2.24, 2.45) is 7.05 Å². The van der Waals surface area contributed by atoms with E-state index in [1.165, 1.54) is 6.07 Å². The van der Waals surface area contributed by atoms with Crippen molar-refractivity contribution >= 4 is 47.5 Å². The quantitative estimate of drug-likeness (QED) is 0.278. The highest BCUT2D eigenvalue weighted by molar-refractivity contribution is 8.13. The Kier molecular flexibility index (Phi) is 4.79. The molecule has 3 aromatic carbocycles. The predicted molar refractivity (Wildman–Crippen MR) is 115 cm³/mol. The third kappa shape index (κ3) is 3.13. The van der Waals surface area contributed by atoms with E-state index in [0.29, 0.717) is 38.5 Å². The summed E-state index contributed by atoms with van der Waals surface area (Å²) in [6, 6.07) is 16.0. The number of carboxylic acid groups (broad SMARTS) is 1. The topological polar surface area (TPSA) is 78.1 Å². The molecule has 0 N–H and O–H groups in total. The van der Waals surface area contributed by atoms with E-state index >= 15 is 0 Å². The van der Waals surface area contributed by atoms with E-state index in [2.05, 4.69) is 0 Å². The molecule has 0 spiro atoms. The van der Waals surface area contributed by atoms with Crippen molar-refractivity contribution in [2.45, 2.75) is 18.7 Å². The average Bonchev–Trinajstić information content (AvgIpc) is 2.68. The molecular weight excluding hydrogens is 422 g/mol. The lowest BCUT2D eigenvalue weighted by Crippen LogP contribution is -2.34. The van der Waals surface area contributed by atoms with Crippen LogP contribution in [0.1, 0.15) is 21.5 Å². The van der Waals surface area contributed by atoms with Crippen LogP contribution in [0.15, 0.2) is 59.5 Å². The molecule has 30 heavy (non-hydrogen) atoms. The number of nitrogens with zero attached hydrogens (tertiary/aromatic N) is 1. The minimum absolute atomic E-state index is 0.0265. The summed E-state index contributed by atoms with van der Waals surface area (Å²) in [5.74, 6) is -1.33. The van der Waals surface area contributed by atoms with Gasteiger partial charge in [-0.05, 0) is 36.6 Å². The Morgan fingerprint density at radius 2 is 1.67 bits per heavy atom. The summed E-state index contributed by atoms with van der Waals surface area (Å²) in [5.41, 5.74) is 3.65. The van der Waals surface area contributed by atoms with E-state index in [1.807, 2.05) is 49.4 Å². The maximum atomic E-state index is 12.4. The fraction of sp³-hybridized carbons (Fsp3) is 0.130.